The maximum Gasteiger partial charge on any atom is 0.146 e. The third-order valence-corrected chi connectivity index (χ3v) is 3.02. The molecule has 17 heavy (non-hydrogen) atoms. The third kappa shape index (κ3) is 4.74. The van der Waals surface area contributed by atoms with Gasteiger partial charge in [0.1, 0.15) is 5.82 Å². The van der Waals surface area contributed by atoms with Gasteiger partial charge in [0, 0.05) is 11.0 Å². The molecule has 2 nitrogen and oxygen atoms in total. The van der Waals surface area contributed by atoms with Crippen LogP contribution in [0.15, 0.2) is 22.7 Å². The topological polar surface area (TPSA) is 35.8 Å². The highest BCUT2D eigenvalue weighted by atomic mass is 79.9. The van der Waals surface area contributed by atoms with Gasteiger partial charge in [0.25, 0.3) is 0 Å². The number of anilines is 1. The maximum atomic E-state index is 13.4. The van der Waals surface area contributed by atoms with Gasteiger partial charge < -0.3 is 5.32 Å². The van der Waals surface area contributed by atoms with Crippen molar-refractivity contribution < 1.29 is 4.39 Å². The Morgan fingerprint density at radius 2 is 2.18 bits per heavy atom. The summed E-state index contributed by atoms with van der Waals surface area (Å²) in [6, 6.07) is 7.05. The second kappa shape index (κ2) is 6.02. The van der Waals surface area contributed by atoms with Gasteiger partial charge in [-0.25, -0.2) is 4.39 Å². The molecule has 1 aromatic carbocycles. The standard InChI is InChI=1S/C13H16BrFN2/c1-13(2,9-16)6-3-7-17-12-8-10(14)4-5-11(12)15/h4-5,8,17H,3,6-7H2,1-2H3. The van der Waals surface area contributed by atoms with Gasteiger partial charge in [0.15, 0.2) is 0 Å². The zero-order valence-corrected chi connectivity index (χ0v) is 11.6. The molecule has 0 fully saturated rings. The van der Waals surface area contributed by atoms with Crippen molar-refractivity contribution in [2.75, 3.05) is 11.9 Å². The summed E-state index contributed by atoms with van der Waals surface area (Å²) in [5.41, 5.74) is 0.187. The Morgan fingerprint density at radius 3 is 2.82 bits per heavy atom. The van der Waals surface area contributed by atoms with E-state index in [0.29, 0.717) is 12.2 Å². The summed E-state index contributed by atoms with van der Waals surface area (Å²) < 4.78 is 14.2. The van der Waals surface area contributed by atoms with Crippen LogP contribution in [0.25, 0.3) is 0 Å². The smallest absolute Gasteiger partial charge is 0.146 e. The van der Waals surface area contributed by atoms with E-state index in [1.165, 1.54) is 6.07 Å². The van der Waals surface area contributed by atoms with E-state index >= 15 is 0 Å². The molecular formula is C13H16BrFN2. The lowest BCUT2D eigenvalue weighted by Gasteiger charge is -2.15. The molecule has 0 unspecified atom stereocenters. The van der Waals surface area contributed by atoms with Crippen molar-refractivity contribution in [1.29, 1.82) is 5.26 Å². The zero-order chi connectivity index (χ0) is 12.9. The molecule has 0 heterocycles. The largest absolute Gasteiger partial charge is 0.383 e. The van der Waals surface area contributed by atoms with Gasteiger partial charge >= 0.3 is 0 Å². The van der Waals surface area contributed by atoms with Crippen LogP contribution in [0.2, 0.25) is 0 Å². The molecule has 1 aromatic rings. The van der Waals surface area contributed by atoms with Crippen molar-refractivity contribution >= 4 is 21.6 Å². The fourth-order valence-corrected chi connectivity index (χ4v) is 1.80. The summed E-state index contributed by atoms with van der Waals surface area (Å²) in [5, 5.41) is 11.9. The van der Waals surface area contributed by atoms with Crippen LogP contribution in [0.4, 0.5) is 10.1 Å². The molecule has 0 spiro atoms. The number of nitrogens with zero attached hydrogens (tertiary/aromatic N) is 1. The van der Waals surface area contributed by atoms with Crippen LogP contribution in [0.1, 0.15) is 26.7 Å². The van der Waals surface area contributed by atoms with Gasteiger partial charge in [0.2, 0.25) is 0 Å². The molecular weight excluding hydrogens is 283 g/mol. The van der Waals surface area contributed by atoms with Gasteiger partial charge in [-0.05, 0) is 44.9 Å². The molecule has 4 heteroatoms. The van der Waals surface area contributed by atoms with E-state index in [-0.39, 0.29) is 11.2 Å². The molecule has 0 aliphatic carbocycles. The van der Waals surface area contributed by atoms with Crippen LogP contribution in [0, 0.1) is 22.6 Å². The fraction of sp³-hybridized carbons (Fsp3) is 0.462. The Balaban J connectivity index is 2.42. The first-order chi connectivity index (χ1) is 7.94. The van der Waals surface area contributed by atoms with Crippen LogP contribution < -0.4 is 5.32 Å². The molecule has 1 rings (SSSR count). The van der Waals surface area contributed by atoms with Gasteiger partial charge in [-0.2, -0.15) is 5.26 Å². The Kier molecular flexibility index (Phi) is 4.95. The summed E-state index contributed by atoms with van der Waals surface area (Å²) in [6.45, 7) is 4.48. The van der Waals surface area contributed by atoms with E-state index in [2.05, 4.69) is 27.3 Å². The van der Waals surface area contributed by atoms with Crippen LogP contribution >= 0.6 is 15.9 Å². The average molecular weight is 299 g/mol. The van der Waals surface area contributed by atoms with Crippen molar-refractivity contribution in [2.45, 2.75) is 26.7 Å². The predicted molar refractivity (Wildman–Crippen MR) is 71.2 cm³/mol. The lowest BCUT2D eigenvalue weighted by Crippen LogP contribution is -2.11. The Hall–Kier alpha value is -1.08. The SMILES string of the molecule is CC(C)(C#N)CCCNc1cc(Br)ccc1F. The molecule has 0 radical (unpaired) electrons. The quantitative estimate of drug-likeness (QED) is 0.821. The minimum atomic E-state index is -0.308. The lowest BCUT2D eigenvalue weighted by molar-refractivity contribution is 0.441. The zero-order valence-electron chi connectivity index (χ0n) is 10.1. The van der Waals surface area contributed by atoms with Crippen LogP contribution in [-0.2, 0) is 0 Å². The number of benzene rings is 1. The van der Waals surface area contributed by atoms with E-state index in [1.54, 1.807) is 12.1 Å². The molecule has 0 saturated heterocycles. The molecule has 1 N–H and O–H groups in total. The molecule has 0 aliphatic heterocycles. The molecule has 0 aromatic heterocycles. The van der Waals surface area contributed by atoms with E-state index in [4.69, 9.17) is 5.26 Å². The third-order valence-electron chi connectivity index (χ3n) is 2.53. The first-order valence-electron chi connectivity index (χ1n) is 5.55. The molecule has 0 bridgehead atoms. The van der Waals surface area contributed by atoms with Crippen molar-refractivity contribution in [3.8, 4) is 6.07 Å². The summed E-state index contributed by atoms with van der Waals surface area (Å²) in [4.78, 5) is 0. The highest BCUT2D eigenvalue weighted by Crippen LogP contribution is 2.22. The van der Waals surface area contributed by atoms with Gasteiger partial charge in [-0.15, -0.1) is 0 Å². The van der Waals surface area contributed by atoms with Gasteiger partial charge in [-0.3, -0.25) is 0 Å². The van der Waals surface area contributed by atoms with E-state index in [0.717, 1.165) is 17.3 Å². The van der Waals surface area contributed by atoms with E-state index in [1.807, 2.05) is 13.8 Å². The lowest BCUT2D eigenvalue weighted by atomic mass is 9.90. The minimum absolute atomic E-state index is 0.257. The van der Waals surface area contributed by atoms with Gasteiger partial charge in [-0.1, -0.05) is 15.9 Å². The van der Waals surface area contributed by atoms with Crippen molar-refractivity contribution in [3.05, 3.63) is 28.5 Å². The number of hydrogen-bond donors (Lipinski definition) is 1. The second-order valence-electron chi connectivity index (χ2n) is 4.65. The predicted octanol–water partition coefficient (Wildman–Crippen LogP) is 4.33. The first kappa shape index (κ1) is 14.0. The van der Waals surface area contributed by atoms with Gasteiger partial charge in [0.05, 0.1) is 17.2 Å². The van der Waals surface area contributed by atoms with Crippen molar-refractivity contribution in [2.24, 2.45) is 5.41 Å². The number of nitriles is 1. The summed E-state index contributed by atoms with van der Waals surface area (Å²) in [7, 11) is 0. The summed E-state index contributed by atoms with van der Waals surface area (Å²) in [6.07, 6.45) is 1.64. The Bertz CT molecular complexity index is 424. The number of nitrogens with one attached hydrogen (secondary N) is 1. The maximum absolute atomic E-state index is 13.4. The van der Waals surface area contributed by atoms with Crippen LogP contribution in [-0.4, -0.2) is 6.54 Å². The summed E-state index contributed by atoms with van der Waals surface area (Å²) in [5.74, 6) is -0.257. The number of rotatable bonds is 5. The molecule has 0 aliphatic rings. The highest BCUT2D eigenvalue weighted by molar-refractivity contribution is 9.10. The monoisotopic (exact) mass is 298 g/mol. The molecule has 0 amide bonds. The van der Waals surface area contributed by atoms with Crippen molar-refractivity contribution in [1.82, 2.24) is 0 Å². The Labute approximate surface area is 110 Å². The Morgan fingerprint density at radius 1 is 1.47 bits per heavy atom. The van der Waals surface area contributed by atoms with Crippen molar-refractivity contribution in [3.63, 3.8) is 0 Å². The average Bonchev–Trinajstić information content (AvgIpc) is 2.29. The normalized spacial score (nSPS) is 11.0. The van der Waals surface area contributed by atoms with E-state index in [9.17, 15) is 4.39 Å². The second-order valence-corrected chi connectivity index (χ2v) is 5.57. The van der Waals surface area contributed by atoms with E-state index < -0.39 is 0 Å². The number of halogens is 2. The van der Waals surface area contributed by atoms with Crippen LogP contribution in [0.5, 0.6) is 0 Å². The van der Waals surface area contributed by atoms with Crippen LogP contribution in [0.3, 0.4) is 0 Å². The fourth-order valence-electron chi connectivity index (χ4n) is 1.44. The first-order valence-corrected chi connectivity index (χ1v) is 6.34. The molecule has 0 atom stereocenters. The summed E-state index contributed by atoms with van der Waals surface area (Å²) >= 11 is 3.30. The number of hydrogen-bond acceptors (Lipinski definition) is 2. The highest BCUT2D eigenvalue weighted by Gasteiger charge is 2.15. The minimum Gasteiger partial charge on any atom is -0.383 e. The molecule has 92 valence electrons. The molecule has 0 saturated carbocycles.